The number of anilines is 1. The number of aliphatic imine (C=N–C) groups is 1. The second-order valence-corrected chi connectivity index (χ2v) is 7.47. The highest BCUT2D eigenvalue weighted by molar-refractivity contribution is 7.99. The van der Waals surface area contributed by atoms with Crippen molar-refractivity contribution in [2.75, 3.05) is 11.5 Å². The number of hydrogen-bond donors (Lipinski definition) is 1. The molecule has 0 atom stereocenters. The van der Waals surface area contributed by atoms with E-state index in [1.165, 1.54) is 11.5 Å². The molecule has 0 aliphatic carbocycles. The van der Waals surface area contributed by atoms with Crippen LogP contribution in [-0.4, -0.2) is 25.2 Å². The molecule has 0 spiro atoms. The highest BCUT2D eigenvalue weighted by Crippen LogP contribution is 2.36. The Bertz CT molecular complexity index is 1110. The Hall–Kier alpha value is -2.45. The number of para-hydroxylation sites is 1. The number of rotatable bonds is 3. The Morgan fingerprint density at radius 2 is 2.16 bits per heavy atom. The quantitative estimate of drug-likeness (QED) is 0.714. The highest BCUT2D eigenvalue weighted by atomic mass is 32.2. The lowest BCUT2D eigenvalue weighted by Gasteiger charge is -2.07. The van der Waals surface area contributed by atoms with Crippen molar-refractivity contribution in [3.63, 3.8) is 0 Å². The molecule has 25 heavy (non-hydrogen) atoms. The lowest BCUT2D eigenvalue weighted by Crippen LogP contribution is -2.16. The van der Waals surface area contributed by atoms with Crippen LogP contribution < -0.4 is 11.3 Å². The van der Waals surface area contributed by atoms with Crippen LogP contribution in [0.3, 0.4) is 0 Å². The molecule has 4 rings (SSSR count). The zero-order chi connectivity index (χ0) is 17.6. The maximum atomic E-state index is 12.5. The molecule has 0 fully saturated rings. The topological polar surface area (TPSA) is 85.6 Å². The first-order valence-electron chi connectivity index (χ1n) is 7.77. The monoisotopic (exact) mass is 369 g/mol. The van der Waals surface area contributed by atoms with E-state index >= 15 is 0 Å². The van der Waals surface area contributed by atoms with E-state index < -0.39 is 0 Å². The maximum Gasteiger partial charge on any atom is 0.283 e. The van der Waals surface area contributed by atoms with Crippen molar-refractivity contribution >= 4 is 57.1 Å². The fraction of sp³-hybridized carbons (Fsp3) is 0.176. The van der Waals surface area contributed by atoms with Crippen LogP contribution >= 0.6 is 23.3 Å². The van der Waals surface area contributed by atoms with Crippen LogP contribution in [0.4, 0.5) is 11.5 Å². The molecule has 2 N–H and O–H groups in total. The highest BCUT2D eigenvalue weighted by Gasteiger charge is 2.20. The molecular formula is C17H15N5OS2. The van der Waals surface area contributed by atoms with E-state index in [0.29, 0.717) is 16.3 Å². The average molecular weight is 369 g/mol. The van der Waals surface area contributed by atoms with Gasteiger partial charge in [0.1, 0.15) is 5.82 Å². The summed E-state index contributed by atoms with van der Waals surface area (Å²) in [4.78, 5) is 21.7. The Morgan fingerprint density at radius 1 is 1.36 bits per heavy atom. The number of nitrogens with zero attached hydrogens (tertiary/aromatic N) is 4. The third kappa shape index (κ3) is 2.58. The van der Waals surface area contributed by atoms with Gasteiger partial charge in [0.15, 0.2) is 5.16 Å². The van der Waals surface area contributed by atoms with E-state index in [2.05, 4.69) is 14.3 Å². The molecule has 6 nitrogen and oxygen atoms in total. The summed E-state index contributed by atoms with van der Waals surface area (Å²) >= 11 is 2.75. The van der Waals surface area contributed by atoms with E-state index in [-0.39, 0.29) is 5.56 Å². The van der Waals surface area contributed by atoms with Crippen LogP contribution in [0.25, 0.3) is 16.6 Å². The van der Waals surface area contributed by atoms with E-state index in [4.69, 9.17) is 5.73 Å². The summed E-state index contributed by atoms with van der Waals surface area (Å²) in [6.07, 6.45) is 1.79. The van der Waals surface area contributed by atoms with Crippen LogP contribution in [0, 0.1) is 0 Å². The van der Waals surface area contributed by atoms with Gasteiger partial charge < -0.3 is 5.73 Å². The Morgan fingerprint density at radius 3 is 2.96 bits per heavy atom. The zero-order valence-electron chi connectivity index (χ0n) is 13.7. The molecule has 0 bridgehead atoms. The minimum absolute atomic E-state index is 0.348. The summed E-state index contributed by atoms with van der Waals surface area (Å²) in [6, 6.07) is 7.85. The summed E-state index contributed by atoms with van der Waals surface area (Å²) in [5, 5.41) is 0.754. The largest absolute Gasteiger partial charge is 0.384 e. The van der Waals surface area contributed by atoms with Crippen molar-refractivity contribution < 1.29 is 0 Å². The molecule has 3 aromatic rings. The molecule has 1 aliphatic rings. The van der Waals surface area contributed by atoms with Crippen molar-refractivity contribution in [2.24, 2.45) is 4.99 Å². The first-order valence-corrected chi connectivity index (χ1v) is 9.53. The minimum Gasteiger partial charge on any atom is -0.384 e. The van der Waals surface area contributed by atoms with Crippen LogP contribution in [0.5, 0.6) is 0 Å². The first kappa shape index (κ1) is 16.0. The number of thioether (sulfide) groups is 1. The first-order chi connectivity index (χ1) is 12.1. The number of benzene rings is 1. The summed E-state index contributed by atoms with van der Waals surface area (Å²) in [5.41, 5.74) is 10.0. The van der Waals surface area contributed by atoms with Gasteiger partial charge in [-0.25, -0.2) is 4.40 Å². The molecule has 8 heteroatoms. The smallest absolute Gasteiger partial charge is 0.283 e. The molecule has 0 radical (unpaired) electrons. The van der Waals surface area contributed by atoms with Crippen LogP contribution in [0.2, 0.25) is 0 Å². The van der Waals surface area contributed by atoms with E-state index in [0.717, 1.165) is 33.4 Å². The molecule has 1 aliphatic heterocycles. The molecule has 2 aromatic heterocycles. The fourth-order valence-corrected chi connectivity index (χ4v) is 4.40. The molecule has 0 unspecified atom stereocenters. The predicted molar refractivity (Wildman–Crippen MR) is 105 cm³/mol. The number of nitrogens with two attached hydrogens (primary N) is 1. The second-order valence-electron chi connectivity index (χ2n) is 5.50. The van der Waals surface area contributed by atoms with Gasteiger partial charge in [-0.3, -0.25) is 9.79 Å². The van der Waals surface area contributed by atoms with Gasteiger partial charge in [0.05, 0.1) is 11.3 Å². The van der Waals surface area contributed by atoms with Crippen molar-refractivity contribution in [2.45, 2.75) is 19.0 Å². The Labute approximate surface area is 152 Å². The Kier molecular flexibility index (Phi) is 3.93. The van der Waals surface area contributed by atoms with E-state index in [1.54, 1.807) is 22.2 Å². The molecule has 3 heterocycles. The normalized spacial score (nSPS) is 15.0. The lowest BCUT2D eigenvalue weighted by atomic mass is 10.0. The summed E-state index contributed by atoms with van der Waals surface area (Å²) in [5.74, 6) is 1.23. The number of nitrogen functional groups attached to an aromatic ring is 1. The molecule has 0 saturated heterocycles. The van der Waals surface area contributed by atoms with E-state index in [1.807, 2.05) is 38.1 Å². The molecule has 1 aromatic carbocycles. The summed E-state index contributed by atoms with van der Waals surface area (Å²) < 4.78 is 6.10. The standard InChI is InChI=1S/C17H15N5OS2/c1-3-24-17-21-25-16-20-15(23)12(14(18)22(16)17)8-11-9(2)19-13-7-5-4-6-10(11)13/h4-8H,3,18H2,1-2H3/b11-8-. The van der Waals surface area contributed by atoms with Crippen molar-refractivity contribution in [3.05, 3.63) is 45.7 Å². The third-order valence-electron chi connectivity index (χ3n) is 3.97. The summed E-state index contributed by atoms with van der Waals surface area (Å²) in [6.45, 7) is 3.97. The number of allylic oxidation sites excluding steroid dienone is 1. The molecular weight excluding hydrogens is 354 g/mol. The number of hydrogen-bond acceptors (Lipinski definition) is 7. The SMILES string of the molecule is CCSc1nsc2nc(=O)c(/C=C3/C(C)=Nc4ccccc43)c(N)n12. The van der Waals surface area contributed by atoms with Crippen LogP contribution in [0.15, 0.2) is 39.2 Å². The van der Waals surface area contributed by atoms with E-state index in [9.17, 15) is 4.79 Å². The van der Waals surface area contributed by atoms with Gasteiger partial charge >= 0.3 is 0 Å². The van der Waals surface area contributed by atoms with Crippen molar-refractivity contribution in [1.82, 2.24) is 13.8 Å². The second kappa shape index (κ2) is 6.12. The van der Waals surface area contributed by atoms with Gasteiger partial charge in [0, 0.05) is 28.4 Å². The van der Waals surface area contributed by atoms with Gasteiger partial charge in [-0.15, -0.1) is 0 Å². The molecule has 0 amide bonds. The Balaban J connectivity index is 1.95. The van der Waals surface area contributed by atoms with Crippen LogP contribution in [0.1, 0.15) is 25.0 Å². The van der Waals surface area contributed by atoms with Gasteiger partial charge in [-0.2, -0.15) is 9.36 Å². The van der Waals surface area contributed by atoms with Crippen molar-refractivity contribution in [1.29, 1.82) is 0 Å². The summed E-state index contributed by atoms with van der Waals surface area (Å²) in [7, 11) is 0. The van der Waals surface area contributed by atoms with Crippen molar-refractivity contribution in [3.8, 4) is 0 Å². The fourth-order valence-electron chi connectivity index (χ4n) is 2.81. The number of fused-ring (bicyclic) bond motifs is 2. The van der Waals surface area contributed by atoms with Crippen LogP contribution in [-0.2, 0) is 0 Å². The van der Waals surface area contributed by atoms with Gasteiger partial charge in [-0.05, 0) is 24.8 Å². The minimum atomic E-state index is -0.348. The average Bonchev–Trinajstić information content (AvgIpc) is 3.12. The molecule has 126 valence electrons. The lowest BCUT2D eigenvalue weighted by molar-refractivity contribution is 0.951. The third-order valence-corrected chi connectivity index (χ3v) is 5.60. The number of aromatic nitrogens is 3. The predicted octanol–water partition coefficient (Wildman–Crippen LogP) is 3.49. The van der Waals surface area contributed by atoms with Gasteiger partial charge in [0.25, 0.3) is 5.56 Å². The zero-order valence-corrected chi connectivity index (χ0v) is 15.3. The maximum absolute atomic E-state index is 12.5. The van der Waals surface area contributed by atoms with Gasteiger partial charge in [-0.1, -0.05) is 36.9 Å². The van der Waals surface area contributed by atoms with Gasteiger partial charge in [0.2, 0.25) is 4.96 Å². The molecule has 0 saturated carbocycles.